The molecule has 0 radical (unpaired) electrons. The first-order chi connectivity index (χ1) is 16.3. The van der Waals surface area contributed by atoms with Crippen molar-refractivity contribution in [3.8, 4) is 0 Å². The number of likely N-dealkylation sites (N-methyl/N-ethyl adjacent to an activating group) is 1. The van der Waals surface area contributed by atoms with Crippen molar-refractivity contribution in [1.29, 1.82) is 0 Å². The second kappa shape index (κ2) is 10.4. The second-order valence-corrected chi connectivity index (χ2v) is 10.1. The summed E-state index contributed by atoms with van der Waals surface area (Å²) >= 11 is 1.52. The Balaban J connectivity index is 1.69. The minimum absolute atomic E-state index is 0.111. The standard InChI is InChI=1S/C26H34N4O3S/c1-6-21-23(25(32)33-5)24(19-9-7-18(8-10-19)17(2)3)30-20(16-34-26(30)27-21)15-22(31)29-13-11-28(4)12-14-29/h7-10,16-17,24H,6,11-15H2,1-5H3/t24-/m0/s1. The molecule has 0 aliphatic carbocycles. The number of esters is 1. The van der Waals surface area contributed by atoms with Crippen LogP contribution in [0.15, 0.2) is 51.6 Å². The normalized spacial score (nSPS) is 20.9. The highest BCUT2D eigenvalue weighted by Crippen LogP contribution is 2.45. The SMILES string of the molecule is CCC1=C(C(=O)OC)[C@H](c2ccc(C(C)C)cc2)N2C(CC(=O)N3CCN(C)CC3)=CSC2=N1. The molecule has 0 unspecified atom stereocenters. The lowest BCUT2D eigenvalue weighted by Crippen LogP contribution is -2.47. The molecule has 3 heterocycles. The van der Waals surface area contributed by atoms with Crippen LogP contribution in [-0.4, -0.2) is 72.1 Å². The summed E-state index contributed by atoms with van der Waals surface area (Å²) in [6, 6.07) is 8.03. The molecule has 0 spiro atoms. The fourth-order valence-corrected chi connectivity index (χ4v) is 5.55. The van der Waals surface area contributed by atoms with Gasteiger partial charge in [-0.15, -0.1) is 0 Å². The number of hydrogen-bond acceptors (Lipinski definition) is 7. The van der Waals surface area contributed by atoms with Gasteiger partial charge in [-0.3, -0.25) is 4.79 Å². The maximum absolute atomic E-state index is 13.2. The summed E-state index contributed by atoms with van der Waals surface area (Å²) in [5.41, 5.74) is 4.39. The summed E-state index contributed by atoms with van der Waals surface area (Å²) in [4.78, 5) is 37.2. The van der Waals surface area contributed by atoms with Crippen LogP contribution < -0.4 is 0 Å². The first-order valence-electron chi connectivity index (χ1n) is 11.9. The van der Waals surface area contributed by atoms with E-state index in [0.29, 0.717) is 17.9 Å². The van der Waals surface area contributed by atoms with Crippen LogP contribution in [0.25, 0.3) is 0 Å². The van der Waals surface area contributed by atoms with Crippen molar-refractivity contribution in [2.24, 2.45) is 4.99 Å². The van der Waals surface area contributed by atoms with Crippen molar-refractivity contribution < 1.29 is 14.3 Å². The number of nitrogens with zero attached hydrogens (tertiary/aromatic N) is 4. The third kappa shape index (κ3) is 4.79. The van der Waals surface area contributed by atoms with E-state index >= 15 is 0 Å². The third-order valence-electron chi connectivity index (χ3n) is 6.74. The van der Waals surface area contributed by atoms with E-state index in [1.807, 2.05) is 17.2 Å². The van der Waals surface area contributed by atoms with Crippen LogP contribution in [0.1, 0.15) is 56.7 Å². The Hall–Kier alpha value is -2.58. The monoisotopic (exact) mass is 482 g/mol. The Bertz CT molecular complexity index is 1040. The smallest absolute Gasteiger partial charge is 0.338 e. The largest absolute Gasteiger partial charge is 0.466 e. The molecule has 34 heavy (non-hydrogen) atoms. The average Bonchev–Trinajstić information content (AvgIpc) is 3.24. The predicted molar refractivity (Wildman–Crippen MR) is 136 cm³/mol. The number of aliphatic imine (C=N–C) groups is 1. The molecule has 0 bridgehead atoms. The molecule has 0 aromatic heterocycles. The third-order valence-corrected chi connectivity index (χ3v) is 7.63. The Morgan fingerprint density at radius 3 is 2.41 bits per heavy atom. The number of carbonyl (C=O) groups excluding carboxylic acids is 2. The molecule has 7 nitrogen and oxygen atoms in total. The number of rotatable bonds is 6. The lowest BCUT2D eigenvalue weighted by Gasteiger charge is -2.37. The number of piperazine rings is 1. The molecule has 1 aromatic rings. The fourth-order valence-electron chi connectivity index (χ4n) is 4.61. The number of allylic oxidation sites excluding steroid dienone is 1. The topological polar surface area (TPSA) is 65.5 Å². The van der Waals surface area contributed by atoms with Gasteiger partial charge >= 0.3 is 5.97 Å². The molecular formula is C26H34N4O3S. The van der Waals surface area contributed by atoms with Gasteiger partial charge in [0, 0.05) is 31.9 Å². The van der Waals surface area contributed by atoms with Crippen LogP contribution in [0.3, 0.4) is 0 Å². The maximum Gasteiger partial charge on any atom is 0.338 e. The Labute approximate surface area is 206 Å². The molecule has 1 atom stereocenters. The number of amides is 1. The van der Waals surface area contributed by atoms with Crippen molar-refractivity contribution in [3.63, 3.8) is 0 Å². The van der Waals surface area contributed by atoms with Crippen molar-refractivity contribution in [3.05, 3.63) is 57.8 Å². The van der Waals surface area contributed by atoms with Crippen LogP contribution in [0, 0.1) is 0 Å². The van der Waals surface area contributed by atoms with Crippen molar-refractivity contribution in [2.75, 3.05) is 40.3 Å². The molecule has 4 rings (SSSR count). The molecule has 1 aromatic carbocycles. The van der Waals surface area contributed by atoms with Gasteiger partial charge in [-0.2, -0.15) is 0 Å². The fraction of sp³-hybridized carbons (Fsp3) is 0.500. The van der Waals surface area contributed by atoms with Gasteiger partial charge in [0.25, 0.3) is 0 Å². The van der Waals surface area contributed by atoms with Crippen LogP contribution in [0.2, 0.25) is 0 Å². The van der Waals surface area contributed by atoms with Gasteiger partial charge in [0.2, 0.25) is 5.91 Å². The summed E-state index contributed by atoms with van der Waals surface area (Å²) in [6.45, 7) is 9.58. The van der Waals surface area contributed by atoms with Gasteiger partial charge in [0.05, 0.1) is 30.8 Å². The van der Waals surface area contributed by atoms with Gasteiger partial charge in [-0.05, 0) is 35.9 Å². The van der Waals surface area contributed by atoms with E-state index in [4.69, 9.17) is 9.73 Å². The Morgan fingerprint density at radius 2 is 1.82 bits per heavy atom. The number of carbonyl (C=O) groups is 2. The highest BCUT2D eigenvalue weighted by atomic mass is 32.2. The van der Waals surface area contributed by atoms with Crippen LogP contribution in [-0.2, 0) is 14.3 Å². The van der Waals surface area contributed by atoms with E-state index in [9.17, 15) is 9.59 Å². The molecule has 8 heteroatoms. The lowest BCUT2D eigenvalue weighted by atomic mass is 9.91. The zero-order valence-corrected chi connectivity index (χ0v) is 21.5. The molecule has 3 aliphatic rings. The summed E-state index contributed by atoms with van der Waals surface area (Å²) in [7, 11) is 3.49. The number of methoxy groups -OCH3 is 1. The number of hydrogen-bond donors (Lipinski definition) is 0. The second-order valence-electron chi connectivity index (χ2n) is 9.28. The Morgan fingerprint density at radius 1 is 1.15 bits per heavy atom. The highest BCUT2D eigenvalue weighted by Gasteiger charge is 2.41. The predicted octanol–water partition coefficient (Wildman–Crippen LogP) is 4.11. The van der Waals surface area contributed by atoms with E-state index < -0.39 is 0 Å². The highest BCUT2D eigenvalue weighted by molar-refractivity contribution is 8.16. The summed E-state index contributed by atoms with van der Waals surface area (Å²) in [6.07, 6.45) is 0.907. The molecule has 0 saturated carbocycles. The van der Waals surface area contributed by atoms with Crippen molar-refractivity contribution >= 4 is 28.8 Å². The number of ether oxygens (including phenoxy) is 1. The van der Waals surface area contributed by atoms with E-state index in [1.54, 1.807) is 0 Å². The summed E-state index contributed by atoms with van der Waals surface area (Å²) < 4.78 is 5.21. The summed E-state index contributed by atoms with van der Waals surface area (Å²) in [5, 5.41) is 2.82. The number of amidine groups is 1. The average molecular weight is 483 g/mol. The minimum atomic E-state index is -0.377. The minimum Gasteiger partial charge on any atom is -0.466 e. The van der Waals surface area contributed by atoms with Gasteiger partial charge in [0.1, 0.15) is 0 Å². The van der Waals surface area contributed by atoms with Gasteiger partial charge in [-0.1, -0.05) is 56.8 Å². The maximum atomic E-state index is 13.2. The summed E-state index contributed by atoms with van der Waals surface area (Å²) in [5.74, 6) is 0.151. The number of thioether (sulfide) groups is 1. The Kier molecular flexibility index (Phi) is 7.48. The van der Waals surface area contributed by atoms with Crippen LogP contribution in [0.5, 0.6) is 0 Å². The van der Waals surface area contributed by atoms with Crippen molar-refractivity contribution in [2.45, 2.75) is 45.6 Å². The molecule has 1 fully saturated rings. The molecule has 0 N–H and O–H groups in total. The molecule has 1 saturated heterocycles. The zero-order chi connectivity index (χ0) is 24.4. The van der Waals surface area contributed by atoms with Crippen LogP contribution in [0.4, 0.5) is 0 Å². The van der Waals surface area contributed by atoms with Gasteiger partial charge < -0.3 is 19.4 Å². The quantitative estimate of drug-likeness (QED) is 0.569. The van der Waals surface area contributed by atoms with E-state index in [1.165, 1.54) is 24.4 Å². The van der Waals surface area contributed by atoms with Crippen molar-refractivity contribution in [1.82, 2.24) is 14.7 Å². The van der Waals surface area contributed by atoms with Gasteiger partial charge in [-0.25, -0.2) is 9.79 Å². The molecular weight excluding hydrogens is 448 g/mol. The van der Waals surface area contributed by atoms with E-state index in [-0.39, 0.29) is 24.3 Å². The van der Waals surface area contributed by atoms with Gasteiger partial charge in [0.15, 0.2) is 5.17 Å². The first kappa shape index (κ1) is 24.5. The molecule has 3 aliphatic heterocycles. The number of benzene rings is 1. The van der Waals surface area contributed by atoms with E-state index in [0.717, 1.165) is 48.3 Å². The zero-order valence-electron chi connectivity index (χ0n) is 20.7. The first-order valence-corrected chi connectivity index (χ1v) is 12.8. The van der Waals surface area contributed by atoms with E-state index in [2.05, 4.69) is 55.0 Å². The van der Waals surface area contributed by atoms with Crippen LogP contribution >= 0.6 is 11.8 Å². The lowest BCUT2D eigenvalue weighted by molar-refractivity contribution is -0.136. The molecule has 1 amide bonds. The molecule has 182 valence electrons. The number of fused-ring (bicyclic) bond motifs is 1.